The SMILES string of the molecule is CC(C)(C)OC(=O)N1CCNCC1Cc1cc2c(N3CCOCC3)nc(-c3cnc(N)cc3C(F)(F)F)nn2c1. The summed E-state index contributed by atoms with van der Waals surface area (Å²) in [4.78, 5) is 25.1. The van der Waals surface area contributed by atoms with Gasteiger partial charge in [-0.1, -0.05) is 0 Å². The van der Waals surface area contributed by atoms with Crippen LogP contribution < -0.4 is 16.0 Å². The minimum Gasteiger partial charge on any atom is -0.444 e. The van der Waals surface area contributed by atoms with Crippen LogP contribution in [0.4, 0.5) is 29.6 Å². The van der Waals surface area contributed by atoms with Crippen LogP contribution in [0.25, 0.3) is 16.9 Å². The molecular formula is C26H33F3N8O3. The van der Waals surface area contributed by atoms with Crippen LogP contribution in [-0.4, -0.2) is 88.2 Å². The lowest BCUT2D eigenvalue weighted by Gasteiger charge is -2.37. The summed E-state index contributed by atoms with van der Waals surface area (Å²) in [5.74, 6) is 0.130. The fraction of sp³-hybridized carbons (Fsp3) is 0.538. The Morgan fingerprint density at radius 3 is 2.65 bits per heavy atom. The van der Waals surface area contributed by atoms with Crippen molar-refractivity contribution in [3.05, 3.63) is 35.7 Å². The molecule has 0 aliphatic carbocycles. The van der Waals surface area contributed by atoms with E-state index in [1.807, 2.05) is 31.7 Å². The van der Waals surface area contributed by atoms with Gasteiger partial charge < -0.3 is 30.3 Å². The number of rotatable bonds is 4. The minimum atomic E-state index is -4.68. The third-order valence-electron chi connectivity index (χ3n) is 6.73. The lowest BCUT2D eigenvalue weighted by atomic mass is 10.1. The second-order valence-electron chi connectivity index (χ2n) is 10.9. The standard InChI is InChI=1S/C26H33F3N8O3/c1-25(2,3)40-24(38)36-5-4-31-13-17(36)10-16-11-20-23(35-6-8-39-9-7-35)33-22(34-37(20)15-16)18-14-32-21(30)12-19(18)26(27,28)29/h11-12,14-15,17,31H,4-10,13H2,1-3H3,(H2,30,32). The van der Waals surface area contributed by atoms with Gasteiger partial charge in [0.15, 0.2) is 11.6 Å². The first-order chi connectivity index (χ1) is 18.9. The number of morpholine rings is 1. The second-order valence-corrected chi connectivity index (χ2v) is 10.9. The molecule has 0 bridgehead atoms. The summed E-state index contributed by atoms with van der Waals surface area (Å²) >= 11 is 0. The Morgan fingerprint density at radius 1 is 1.20 bits per heavy atom. The average molecular weight is 563 g/mol. The number of pyridine rings is 1. The van der Waals surface area contributed by atoms with Crippen LogP contribution in [-0.2, 0) is 22.1 Å². The van der Waals surface area contributed by atoms with E-state index in [0.717, 1.165) is 17.8 Å². The van der Waals surface area contributed by atoms with Crippen LogP contribution in [0.5, 0.6) is 0 Å². The number of ether oxygens (including phenoxy) is 2. The molecule has 2 saturated heterocycles. The first kappa shape index (κ1) is 27.9. The largest absolute Gasteiger partial charge is 0.444 e. The molecule has 1 unspecified atom stereocenters. The van der Waals surface area contributed by atoms with Gasteiger partial charge in [0.25, 0.3) is 0 Å². The van der Waals surface area contributed by atoms with Crippen LogP contribution >= 0.6 is 0 Å². The van der Waals surface area contributed by atoms with Gasteiger partial charge in [-0.25, -0.2) is 19.3 Å². The Balaban J connectivity index is 1.54. The highest BCUT2D eigenvalue weighted by atomic mass is 19.4. The molecule has 5 rings (SSSR count). The summed E-state index contributed by atoms with van der Waals surface area (Å²) < 4.78 is 54.4. The summed E-state index contributed by atoms with van der Waals surface area (Å²) in [5.41, 5.74) is 5.23. The zero-order valence-corrected chi connectivity index (χ0v) is 22.7. The molecule has 0 saturated carbocycles. The molecule has 0 spiro atoms. The maximum Gasteiger partial charge on any atom is 0.417 e. The number of nitrogens with two attached hydrogens (primary N) is 1. The van der Waals surface area contributed by atoms with Gasteiger partial charge in [-0.3, -0.25) is 0 Å². The number of hydrogen-bond acceptors (Lipinski definition) is 9. The normalized spacial score (nSPS) is 18.8. The van der Waals surface area contributed by atoms with Gasteiger partial charge in [-0.2, -0.15) is 13.2 Å². The zero-order valence-electron chi connectivity index (χ0n) is 22.7. The van der Waals surface area contributed by atoms with Gasteiger partial charge in [0, 0.05) is 45.1 Å². The van der Waals surface area contributed by atoms with Crippen LogP contribution in [0.1, 0.15) is 31.9 Å². The van der Waals surface area contributed by atoms with E-state index in [4.69, 9.17) is 15.2 Å². The molecule has 2 aliphatic rings. The van der Waals surface area contributed by atoms with Crippen molar-refractivity contribution in [2.45, 2.75) is 45.0 Å². The molecule has 5 heterocycles. The Morgan fingerprint density at radius 2 is 1.95 bits per heavy atom. The molecule has 3 N–H and O–H groups in total. The third-order valence-corrected chi connectivity index (χ3v) is 6.73. The highest BCUT2D eigenvalue weighted by molar-refractivity contribution is 5.74. The number of nitrogen functional groups attached to an aromatic ring is 1. The van der Waals surface area contributed by atoms with Gasteiger partial charge in [-0.05, 0) is 44.9 Å². The molecule has 0 aromatic carbocycles. The molecule has 14 heteroatoms. The third kappa shape index (κ3) is 6.07. The first-order valence-electron chi connectivity index (χ1n) is 13.1. The van der Waals surface area contributed by atoms with Crippen molar-refractivity contribution in [1.82, 2.24) is 29.8 Å². The van der Waals surface area contributed by atoms with E-state index in [-0.39, 0.29) is 29.3 Å². The zero-order chi connectivity index (χ0) is 28.7. The average Bonchev–Trinajstić information content (AvgIpc) is 3.29. The Labute approximate surface area is 229 Å². The van der Waals surface area contributed by atoms with Gasteiger partial charge in [-0.15, -0.1) is 5.10 Å². The summed E-state index contributed by atoms with van der Waals surface area (Å²) in [5, 5.41) is 7.79. The summed E-state index contributed by atoms with van der Waals surface area (Å²) in [7, 11) is 0. The van der Waals surface area contributed by atoms with Crippen molar-refractivity contribution in [2.24, 2.45) is 0 Å². The lowest BCUT2D eigenvalue weighted by molar-refractivity contribution is -0.137. The highest BCUT2D eigenvalue weighted by Crippen LogP contribution is 2.37. The number of carbonyl (C=O) groups is 1. The fourth-order valence-electron chi connectivity index (χ4n) is 4.93. The van der Waals surface area contributed by atoms with Crippen LogP contribution in [0.3, 0.4) is 0 Å². The summed E-state index contributed by atoms with van der Waals surface area (Å²) in [6, 6.07) is 2.53. The van der Waals surface area contributed by atoms with Crippen molar-refractivity contribution in [3.63, 3.8) is 0 Å². The number of carbonyl (C=O) groups excluding carboxylic acids is 1. The molecule has 3 aromatic heterocycles. The van der Waals surface area contributed by atoms with Gasteiger partial charge in [0.1, 0.15) is 16.9 Å². The lowest BCUT2D eigenvalue weighted by Crippen LogP contribution is -2.55. The minimum absolute atomic E-state index is 0.120. The van der Waals surface area contributed by atoms with Crippen molar-refractivity contribution < 1.29 is 27.4 Å². The molecule has 3 aromatic rings. The van der Waals surface area contributed by atoms with E-state index in [2.05, 4.69) is 20.4 Å². The Kier molecular flexibility index (Phi) is 7.48. The number of aromatic nitrogens is 4. The van der Waals surface area contributed by atoms with Crippen LogP contribution in [0.15, 0.2) is 24.5 Å². The van der Waals surface area contributed by atoms with E-state index >= 15 is 0 Å². The molecule has 1 atom stereocenters. The first-order valence-corrected chi connectivity index (χ1v) is 13.1. The molecule has 2 fully saturated rings. The predicted octanol–water partition coefficient (Wildman–Crippen LogP) is 2.98. The number of nitrogens with zero attached hydrogens (tertiary/aromatic N) is 6. The molecular weight excluding hydrogens is 529 g/mol. The number of hydrogen-bond donors (Lipinski definition) is 2. The van der Waals surface area contributed by atoms with Crippen molar-refractivity contribution in [2.75, 3.05) is 56.6 Å². The number of anilines is 2. The topological polar surface area (TPSA) is 123 Å². The molecule has 11 nitrogen and oxygen atoms in total. The smallest absolute Gasteiger partial charge is 0.417 e. The number of fused-ring (bicyclic) bond motifs is 1. The highest BCUT2D eigenvalue weighted by Gasteiger charge is 2.36. The Hall–Kier alpha value is -3.65. The van der Waals surface area contributed by atoms with Crippen LogP contribution in [0, 0.1) is 0 Å². The van der Waals surface area contributed by atoms with E-state index in [9.17, 15) is 18.0 Å². The van der Waals surface area contributed by atoms with Gasteiger partial charge >= 0.3 is 12.3 Å². The second kappa shape index (κ2) is 10.7. The quantitative estimate of drug-likeness (QED) is 0.494. The molecule has 2 aliphatic heterocycles. The number of amides is 1. The number of piperazine rings is 1. The summed E-state index contributed by atoms with van der Waals surface area (Å²) in [6.45, 7) is 9.19. The molecule has 0 radical (unpaired) electrons. The molecule has 216 valence electrons. The van der Waals surface area contributed by atoms with E-state index < -0.39 is 17.3 Å². The van der Waals surface area contributed by atoms with Crippen molar-refractivity contribution in [3.8, 4) is 11.4 Å². The monoisotopic (exact) mass is 562 g/mol. The number of halogens is 3. The maximum atomic E-state index is 13.9. The van der Waals surface area contributed by atoms with E-state index in [1.54, 1.807) is 15.6 Å². The van der Waals surface area contributed by atoms with E-state index in [1.165, 1.54) is 0 Å². The molecule has 40 heavy (non-hydrogen) atoms. The maximum absolute atomic E-state index is 13.9. The van der Waals surface area contributed by atoms with Crippen molar-refractivity contribution >= 4 is 23.2 Å². The van der Waals surface area contributed by atoms with Crippen LogP contribution in [0.2, 0.25) is 0 Å². The molecule has 1 amide bonds. The Bertz CT molecular complexity index is 1380. The fourth-order valence-corrected chi connectivity index (χ4v) is 4.93. The number of alkyl halides is 3. The van der Waals surface area contributed by atoms with E-state index in [0.29, 0.717) is 63.7 Å². The van der Waals surface area contributed by atoms with Gasteiger partial charge in [0.05, 0.1) is 30.4 Å². The number of nitrogens with one attached hydrogen (secondary N) is 1. The summed E-state index contributed by atoms with van der Waals surface area (Å²) in [6.07, 6.45) is -1.74. The predicted molar refractivity (Wildman–Crippen MR) is 142 cm³/mol. The van der Waals surface area contributed by atoms with Gasteiger partial charge in [0.2, 0.25) is 0 Å². The van der Waals surface area contributed by atoms with Crippen molar-refractivity contribution in [1.29, 1.82) is 0 Å².